The molecular weight excluding hydrogens is 216 g/mol. The summed E-state index contributed by atoms with van der Waals surface area (Å²) in [6.07, 6.45) is 3.04. The van der Waals surface area contributed by atoms with Gasteiger partial charge in [-0.05, 0) is 30.7 Å². The Labute approximate surface area is 102 Å². The second kappa shape index (κ2) is 6.91. The summed E-state index contributed by atoms with van der Waals surface area (Å²) in [5.74, 6) is 0.0134. The van der Waals surface area contributed by atoms with Gasteiger partial charge in [-0.1, -0.05) is 19.8 Å². The number of amides is 1. The molecule has 1 atom stereocenters. The van der Waals surface area contributed by atoms with E-state index < -0.39 is 0 Å². The minimum absolute atomic E-state index is 0.0243. The molecule has 0 saturated carbocycles. The molecule has 0 aliphatic carbocycles. The molecule has 1 amide bonds. The molecule has 0 bridgehead atoms. The van der Waals surface area contributed by atoms with Crippen LogP contribution in [0.2, 0.25) is 0 Å². The second-order valence-electron chi connectivity index (χ2n) is 4.10. The fourth-order valence-electron chi connectivity index (χ4n) is 1.58. The maximum Gasteiger partial charge on any atom is 0.251 e. The zero-order chi connectivity index (χ0) is 12.7. The molecule has 0 spiro atoms. The first-order valence-electron chi connectivity index (χ1n) is 5.97. The molecule has 4 nitrogen and oxygen atoms in total. The van der Waals surface area contributed by atoms with Gasteiger partial charge in [0.2, 0.25) is 0 Å². The highest BCUT2D eigenvalue weighted by Crippen LogP contribution is 2.10. The third kappa shape index (κ3) is 4.44. The SMILES string of the molecule is CCCCC(CN)NC(=O)c1ccc(O)cc1. The van der Waals surface area contributed by atoms with Crippen molar-refractivity contribution < 1.29 is 9.90 Å². The van der Waals surface area contributed by atoms with Crippen LogP contribution in [0.4, 0.5) is 0 Å². The maximum atomic E-state index is 11.8. The average molecular weight is 236 g/mol. The normalized spacial score (nSPS) is 12.1. The molecule has 0 saturated heterocycles. The number of rotatable bonds is 6. The minimum Gasteiger partial charge on any atom is -0.508 e. The summed E-state index contributed by atoms with van der Waals surface area (Å²) in [5, 5.41) is 12.0. The zero-order valence-electron chi connectivity index (χ0n) is 10.1. The van der Waals surface area contributed by atoms with Crippen molar-refractivity contribution >= 4 is 5.91 Å². The van der Waals surface area contributed by atoms with Crippen molar-refractivity contribution in [2.45, 2.75) is 32.2 Å². The van der Waals surface area contributed by atoms with Gasteiger partial charge in [0.15, 0.2) is 0 Å². The number of hydrogen-bond donors (Lipinski definition) is 3. The molecule has 4 heteroatoms. The third-order valence-electron chi connectivity index (χ3n) is 2.66. The molecule has 0 aliphatic rings. The van der Waals surface area contributed by atoms with Gasteiger partial charge in [-0.2, -0.15) is 0 Å². The topological polar surface area (TPSA) is 75.3 Å². The summed E-state index contributed by atoms with van der Waals surface area (Å²) in [7, 11) is 0. The molecule has 1 rings (SSSR count). The first-order valence-corrected chi connectivity index (χ1v) is 5.97. The number of phenols is 1. The quantitative estimate of drug-likeness (QED) is 0.703. The molecule has 1 aromatic carbocycles. The first kappa shape index (κ1) is 13.5. The van der Waals surface area contributed by atoms with E-state index in [4.69, 9.17) is 10.8 Å². The number of hydrogen-bond acceptors (Lipinski definition) is 3. The Bertz CT molecular complexity index is 349. The maximum absolute atomic E-state index is 11.8. The van der Waals surface area contributed by atoms with E-state index >= 15 is 0 Å². The molecule has 4 N–H and O–H groups in total. The summed E-state index contributed by atoms with van der Waals surface area (Å²) in [6.45, 7) is 2.55. The highest BCUT2D eigenvalue weighted by atomic mass is 16.3. The predicted molar refractivity (Wildman–Crippen MR) is 67.9 cm³/mol. The summed E-state index contributed by atoms with van der Waals surface area (Å²) >= 11 is 0. The van der Waals surface area contributed by atoms with E-state index in [1.54, 1.807) is 12.1 Å². The Hall–Kier alpha value is -1.55. The minimum atomic E-state index is -0.142. The van der Waals surface area contributed by atoms with Gasteiger partial charge in [-0.15, -0.1) is 0 Å². The van der Waals surface area contributed by atoms with Crippen molar-refractivity contribution in [1.29, 1.82) is 0 Å². The lowest BCUT2D eigenvalue weighted by Gasteiger charge is -2.16. The lowest BCUT2D eigenvalue weighted by Crippen LogP contribution is -2.40. The van der Waals surface area contributed by atoms with E-state index in [0.29, 0.717) is 12.1 Å². The number of carbonyl (C=O) groups is 1. The Balaban J connectivity index is 2.54. The number of unbranched alkanes of at least 4 members (excludes halogenated alkanes) is 1. The zero-order valence-corrected chi connectivity index (χ0v) is 10.1. The van der Waals surface area contributed by atoms with Crippen LogP contribution in [0.25, 0.3) is 0 Å². The van der Waals surface area contributed by atoms with Crippen LogP contribution < -0.4 is 11.1 Å². The number of nitrogens with two attached hydrogens (primary N) is 1. The predicted octanol–water partition coefficient (Wildman–Crippen LogP) is 1.64. The molecule has 94 valence electrons. The monoisotopic (exact) mass is 236 g/mol. The molecule has 0 radical (unpaired) electrons. The molecule has 17 heavy (non-hydrogen) atoms. The fourth-order valence-corrected chi connectivity index (χ4v) is 1.58. The lowest BCUT2D eigenvalue weighted by atomic mass is 10.1. The first-order chi connectivity index (χ1) is 8.17. The van der Waals surface area contributed by atoms with Crippen LogP contribution in [0.3, 0.4) is 0 Å². The van der Waals surface area contributed by atoms with Crippen LogP contribution in [0.5, 0.6) is 5.75 Å². The van der Waals surface area contributed by atoms with Crippen molar-refractivity contribution in [3.8, 4) is 5.75 Å². The van der Waals surface area contributed by atoms with Crippen LogP contribution in [0.15, 0.2) is 24.3 Å². The Kier molecular flexibility index (Phi) is 5.49. The van der Waals surface area contributed by atoms with E-state index in [0.717, 1.165) is 19.3 Å². The highest BCUT2D eigenvalue weighted by molar-refractivity contribution is 5.94. The molecule has 0 aliphatic heterocycles. The molecule has 0 heterocycles. The van der Waals surface area contributed by atoms with Gasteiger partial charge in [-0.3, -0.25) is 4.79 Å². The largest absolute Gasteiger partial charge is 0.508 e. The lowest BCUT2D eigenvalue weighted by molar-refractivity contribution is 0.0936. The Morgan fingerprint density at radius 3 is 2.59 bits per heavy atom. The van der Waals surface area contributed by atoms with E-state index in [-0.39, 0.29) is 17.7 Å². The summed E-state index contributed by atoms with van der Waals surface area (Å²) < 4.78 is 0. The standard InChI is InChI=1S/C13H20N2O2/c1-2-3-4-11(9-14)15-13(17)10-5-7-12(16)8-6-10/h5-8,11,16H,2-4,9,14H2,1H3,(H,15,17). The van der Waals surface area contributed by atoms with Crippen molar-refractivity contribution in [2.24, 2.45) is 5.73 Å². The number of nitrogens with one attached hydrogen (secondary N) is 1. The smallest absolute Gasteiger partial charge is 0.251 e. The summed E-state index contributed by atoms with van der Waals surface area (Å²) in [6, 6.07) is 6.21. The number of carbonyl (C=O) groups excluding carboxylic acids is 1. The van der Waals surface area contributed by atoms with Crippen LogP contribution in [-0.4, -0.2) is 23.6 Å². The highest BCUT2D eigenvalue weighted by Gasteiger charge is 2.11. The van der Waals surface area contributed by atoms with Crippen LogP contribution in [0, 0.1) is 0 Å². The van der Waals surface area contributed by atoms with E-state index in [9.17, 15) is 4.79 Å². The molecule has 0 aromatic heterocycles. The van der Waals surface area contributed by atoms with Crippen molar-refractivity contribution in [2.75, 3.05) is 6.54 Å². The molecule has 1 unspecified atom stereocenters. The van der Waals surface area contributed by atoms with Crippen LogP contribution >= 0.6 is 0 Å². The van der Waals surface area contributed by atoms with Crippen LogP contribution in [-0.2, 0) is 0 Å². The van der Waals surface area contributed by atoms with Gasteiger partial charge in [0, 0.05) is 18.2 Å². The third-order valence-corrected chi connectivity index (χ3v) is 2.66. The Morgan fingerprint density at radius 1 is 1.41 bits per heavy atom. The van der Waals surface area contributed by atoms with Gasteiger partial charge in [0.05, 0.1) is 0 Å². The van der Waals surface area contributed by atoms with Crippen molar-refractivity contribution in [3.63, 3.8) is 0 Å². The number of aromatic hydroxyl groups is 1. The van der Waals surface area contributed by atoms with Crippen molar-refractivity contribution in [3.05, 3.63) is 29.8 Å². The molecule has 0 fully saturated rings. The Morgan fingerprint density at radius 2 is 2.06 bits per heavy atom. The molecular formula is C13H20N2O2. The second-order valence-corrected chi connectivity index (χ2v) is 4.10. The summed E-state index contributed by atoms with van der Waals surface area (Å²) in [4.78, 5) is 11.8. The van der Waals surface area contributed by atoms with Gasteiger partial charge < -0.3 is 16.2 Å². The number of phenolic OH excluding ortho intramolecular Hbond substituents is 1. The number of benzene rings is 1. The van der Waals surface area contributed by atoms with E-state index in [1.807, 2.05) is 0 Å². The van der Waals surface area contributed by atoms with E-state index in [2.05, 4.69) is 12.2 Å². The van der Waals surface area contributed by atoms with Gasteiger partial charge in [0.1, 0.15) is 5.75 Å². The van der Waals surface area contributed by atoms with Crippen molar-refractivity contribution in [1.82, 2.24) is 5.32 Å². The summed E-state index contributed by atoms with van der Waals surface area (Å²) in [5.41, 5.74) is 6.15. The van der Waals surface area contributed by atoms with Gasteiger partial charge >= 0.3 is 0 Å². The van der Waals surface area contributed by atoms with Gasteiger partial charge in [0.25, 0.3) is 5.91 Å². The van der Waals surface area contributed by atoms with Gasteiger partial charge in [-0.25, -0.2) is 0 Å². The average Bonchev–Trinajstić information content (AvgIpc) is 2.35. The fraction of sp³-hybridized carbons (Fsp3) is 0.462. The van der Waals surface area contributed by atoms with Crippen LogP contribution in [0.1, 0.15) is 36.5 Å². The molecule has 1 aromatic rings. The van der Waals surface area contributed by atoms with E-state index in [1.165, 1.54) is 12.1 Å².